The largest absolute Gasteiger partial charge is 0.750 e. The summed E-state index contributed by atoms with van der Waals surface area (Å²) in [6.45, 7) is 4.11. The third kappa shape index (κ3) is 4.02. The molecule has 0 N–H and O–H groups in total. The molecule has 16 heavy (non-hydrogen) atoms. The lowest BCUT2D eigenvalue weighted by atomic mass is 10.2. The summed E-state index contributed by atoms with van der Waals surface area (Å²) in [5.41, 5.74) is 0.716. The first kappa shape index (κ1) is 12.7. The second-order valence-electron chi connectivity index (χ2n) is 3.02. The molecule has 0 aliphatic heterocycles. The van der Waals surface area contributed by atoms with E-state index in [0.717, 1.165) is 6.42 Å². The monoisotopic (exact) mass is 237 g/mol. The second kappa shape index (κ2) is 7.00. The molecular formula is C12H14O3P+. The summed E-state index contributed by atoms with van der Waals surface area (Å²) < 4.78 is 21.5. The van der Waals surface area contributed by atoms with Gasteiger partial charge in [0.1, 0.15) is 6.61 Å². The molecule has 0 saturated carbocycles. The Hall–Kier alpha value is -1.36. The van der Waals surface area contributed by atoms with Gasteiger partial charge in [-0.2, -0.15) is 0 Å². The van der Waals surface area contributed by atoms with Crippen LogP contribution >= 0.6 is 8.25 Å². The molecule has 1 unspecified atom stereocenters. The number of rotatable bonds is 5. The van der Waals surface area contributed by atoms with Gasteiger partial charge in [-0.15, -0.1) is 10.4 Å². The molecule has 1 aromatic rings. The fourth-order valence-corrected chi connectivity index (χ4v) is 1.76. The van der Waals surface area contributed by atoms with Crippen LogP contribution in [-0.4, -0.2) is 6.61 Å². The van der Waals surface area contributed by atoms with E-state index in [0.29, 0.717) is 17.9 Å². The summed E-state index contributed by atoms with van der Waals surface area (Å²) >= 11 is 0. The highest BCUT2D eigenvalue weighted by atomic mass is 31.1. The Kier molecular flexibility index (Phi) is 5.56. The summed E-state index contributed by atoms with van der Waals surface area (Å²) in [5.74, 6) is 6.15. The van der Waals surface area contributed by atoms with Crippen LogP contribution in [0.5, 0.6) is 5.75 Å². The van der Waals surface area contributed by atoms with Crippen LogP contribution in [0.15, 0.2) is 24.3 Å². The molecule has 0 heterocycles. The van der Waals surface area contributed by atoms with Crippen LogP contribution in [0.1, 0.15) is 25.8 Å². The highest BCUT2D eigenvalue weighted by Gasteiger charge is 2.22. The Labute approximate surface area is 96.7 Å². The summed E-state index contributed by atoms with van der Waals surface area (Å²) in [5, 5.41) is 0. The van der Waals surface area contributed by atoms with E-state index in [4.69, 9.17) is 9.05 Å². The average molecular weight is 237 g/mol. The maximum atomic E-state index is 11.4. The van der Waals surface area contributed by atoms with Gasteiger partial charge in [-0.25, -0.2) is 4.52 Å². The van der Waals surface area contributed by atoms with Crippen molar-refractivity contribution in [2.75, 3.05) is 6.61 Å². The lowest BCUT2D eigenvalue weighted by molar-refractivity contribution is 0.286. The second-order valence-corrected chi connectivity index (χ2v) is 3.91. The van der Waals surface area contributed by atoms with Gasteiger partial charge in [0.2, 0.25) is 5.75 Å². The zero-order chi connectivity index (χ0) is 11.8. The van der Waals surface area contributed by atoms with Crippen molar-refractivity contribution >= 4 is 8.25 Å². The number of para-hydroxylation sites is 1. The van der Waals surface area contributed by atoms with E-state index >= 15 is 0 Å². The summed E-state index contributed by atoms with van der Waals surface area (Å²) in [4.78, 5) is 0. The van der Waals surface area contributed by atoms with Crippen LogP contribution in [-0.2, 0) is 9.09 Å². The van der Waals surface area contributed by atoms with Gasteiger partial charge in [-0.3, -0.25) is 0 Å². The molecule has 1 aromatic carbocycles. The summed E-state index contributed by atoms with van der Waals surface area (Å²) in [7, 11) is -2.11. The van der Waals surface area contributed by atoms with Crippen molar-refractivity contribution in [3.63, 3.8) is 0 Å². The first-order valence-electron chi connectivity index (χ1n) is 5.07. The lowest BCUT2D eigenvalue weighted by Gasteiger charge is -1.96. The molecule has 1 rings (SSSR count). The molecular weight excluding hydrogens is 223 g/mol. The predicted molar refractivity (Wildman–Crippen MR) is 63.5 cm³/mol. The van der Waals surface area contributed by atoms with Crippen molar-refractivity contribution in [2.24, 2.45) is 0 Å². The van der Waals surface area contributed by atoms with E-state index in [-0.39, 0.29) is 0 Å². The quantitative estimate of drug-likeness (QED) is 0.580. The Morgan fingerprint density at radius 2 is 2.12 bits per heavy atom. The van der Waals surface area contributed by atoms with Gasteiger partial charge >= 0.3 is 8.25 Å². The third-order valence-corrected chi connectivity index (χ3v) is 2.46. The molecule has 1 atom stereocenters. The van der Waals surface area contributed by atoms with Crippen molar-refractivity contribution in [1.82, 2.24) is 0 Å². The molecule has 0 aromatic heterocycles. The van der Waals surface area contributed by atoms with Crippen molar-refractivity contribution in [2.45, 2.75) is 20.3 Å². The van der Waals surface area contributed by atoms with Gasteiger partial charge in [-0.1, -0.05) is 25.0 Å². The van der Waals surface area contributed by atoms with Crippen LogP contribution in [0, 0.1) is 11.8 Å². The highest BCUT2D eigenvalue weighted by Crippen LogP contribution is 2.30. The van der Waals surface area contributed by atoms with Crippen molar-refractivity contribution < 1.29 is 13.6 Å². The fraction of sp³-hybridized carbons (Fsp3) is 0.333. The SMILES string of the molecule is CC#Cc1ccccc1O[P+](=O)OCCC. The Morgan fingerprint density at radius 1 is 1.38 bits per heavy atom. The fourth-order valence-electron chi connectivity index (χ4n) is 1.06. The van der Waals surface area contributed by atoms with E-state index in [1.165, 1.54) is 0 Å². The van der Waals surface area contributed by atoms with Gasteiger partial charge in [0.25, 0.3) is 0 Å². The normalized spacial score (nSPS) is 10.2. The van der Waals surface area contributed by atoms with E-state index in [2.05, 4.69) is 11.8 Å². The minimum atomic E-state index is -2.11. The van der Waals surface area contributed by atoms with Crippen LogP contribution in [0.25, 0.3) is 0 Å². The van der Waals surface area contributed by atoms with E-state index in [1.54, 1.807) is 19.1 Å². The molecule has 0 aliphatic carbocycles. The predicted octanol–water partition coefficient (Wildman–Crippen LogP) is 3.52. The van der Waals surface area contributed by atoms with Gasteiger partial charge in [0.05, 0.1) is 5.56 Å². The van der Waals surface area contributed by atoms with Gasteiger partial charge in [0.15, 0.2) is 0 Å². The Balaban J connectivity index is 2.71. The van der Waals surface area contributed by atoms with Crippen LogP contribution in [0.2, 0.25) is 0 Å². The van der Waals surface area contributed by atoms with Crippen LogP contribution in [0.4, 0.5) is 0 Å². The number of hydrogen-bond acceptors (Lipinski definition) is 3. The average Bonchev–Trinajstić information content (AvgIpc) is 2.29. The number of hydrogen-bond donors (Lipinski definition) is 0. The molecule has 0 amide bonds. The summed E-state index contributed by atoms with van der Waals surface area (Å²) in [6, 6.07) is 7.20. The molecule has 0 radical (unpaired) electrons. The minimum Gasteiger partial charge on any atom is -0.228 e. The summed E-state index contributed by atoms with van der Waals surface area (Å²) in [6.07, 6.45) is 0.806. The van der Waals surface area contributed by atoms with Crippen LogP contribution in [0.3, 0.4) is 0 Å². The third-order valence-electron chi connectivity index (χ3n) is 1.72. The molecule has 0 bridgehead atoms. The smallest absolute Gasteiger partial charge is 0.228 e. The maximum Gasteiger partial charge on any atom is 0.750 e. The van der Waals surface area contributed by atoms with Gasteiger partial charge < -0.3 is 0 Å². The molecule has 4 heteroatoms. The topological polar surface area (TPSA) is 35.5 Å². The first-order chi connectivity index (χ1) is 7.77. The molecule has 3 nitrogen and oxygen atoms in total. The van der Waals surface area contributed by atoms with E-state index < -0.39 is 8.25 Å². The van der Waals surface area contributed by atoms with Crippen molar-refractivity contribution in [1.29, 1.82) is 0 Å². The molecule has 0 fully saturated rings. The molecule has 0 spiro atoms. The maximum absolute atomic E-state index is 11.4. The Bertz CT molecular complexity index is 418. The first-order valence-corrected chi connectivity index (χ1v) is 6.17. The molecule has 84 valence electrons. The standard InChI is InChI=1S/C12H14O3P/c1-3-7-11-8-5-6-9-12(11)15-16(13)14-10-4-2/h5-6,8-9H,4,10H2,1-2H3/q+1. The van der Waals surface area contributed by atoms with Crippen molar-refractivity contribution in [3.8, 4) is 17.6 Å². The van der Waals surface area contributed by atoms with Crippen molar-refractivity contribution in [3.05, 3.63) is 29.8 Å². The minimum absolute atomic E-state index is 0.427. The lowest BCUT2D eigenvalue weighted by Crippen LogP contribution is -1.90. The number of benzene rings is 1. The van der Waals surface area contributed by atoms with Gasteiger partial charge in [-0.05, 0) is 25.5 Å². The zero-order valence-electron chi connectivity index (χ0n) is 9.40. The molecule has 0 saturated heterocycles. The Morgan fingerprint density at radius 3 is 2.81 bits per heavy atom. The molecule has 0 aliphatic rings. The highest BCUT2D eigenvalue weighted by molar-refractivity contribution is 7.33. The van der Waals surface area contributed by atoms with Gasteiger partial charge in [0, 0.05) is 4.57 Å². The van der Waals surface area contributed by atoms with E-state index in [9.17, 15) is 4.57 Å². The zero-order valence-corrected chi connectivity index (χ0v) is 10.3. The van der Waals surface area contributed by atoms with E-state index in [1.807, 2.05) is 19.1 Å². The van der Waals surface area contributed by atoms with Crippen LogP contribution < -0.4 is 4.52 Å².